The van der Waals surface area contributed by atoms with Crippen LogP contribution >= 0.6 is 0 Å². The number of hydrogen-bond donors (Lipinski definition) is 1. The number of benzene rings is 1. The molecule has 106 valence electrons. The van der Waals surface area contributed by atoms with Crippen LogP contribution in [0, 0.1) is 11.7 Å². The molecule has 1 heterocycles. The summed E-state index contributed by atoms with van der Waals surface area (Å²) in [6.07, 6.45) is 3.85. The molecule has 0 aromatic heterocycles. The van der Waals surface area contributed by atoms with Crippen molar-refractivity contribution in [2.24, 2.45) is 5.92 Å². The summed E-state index contributed by atoms with van der Waals surface area (Å²) in [5, 5.41) is 3.32. The van der Waals surface area contributed by atoms with Gasteiger partial charge in [-0.3, -0.25) is 4.90 Å². The number of halogens is 1. The Kier molecular flexibility index (Phi) is 5.34. The second-order valence-corrected chi connectivity index (χ2v) is 5.77. The van der Waals surface area contributed by atoms with E-state index in [9.17, 15) is 4.39 Å². The third kappa shape index (κ3) is 4.59. The molecule has 0 amide bonds. The molecular formula is C16H25FN2. The van der Waals surface area contributed by atoms with Crippen molar-refractivity contribution in [2.45, 2.75) is 38.8 Å². The fourth-order valence-electron chi connectivity index (χ4n) is 2.85. The van der Waals surface area contributed by atoms with E-state index in [-0.39, 0.29) is 5.82 Å². The molecule has 0 radical (unpaired) electrons. The van der Waals surface area contributed by atoms with Gasteiger partial charge >= 0.3 is 0 Å². The van der Waals surface area contributed by atoms with Crippen LogP contribution in [0.4, 0.5) is 4.39 Å². The first-order valence-corrected chi connectivity index (χ1v) is 7.31. The van der Waals surface area contributed by atoms with Crippen LogP contribution in [0.5, 0.6) is 0 Å². The Labute approximate surface area is 116 Å². The molecule has 1 atom stereocenters. The molecule has 0 saturated carbocycles. The monoisotopic (exact) mass is 264 g/mol. The minimum absolute atomic E-state index is 0.150. The summed E-state index contributed by atoms with van der Waals surface area (Å²) in [6, 6.07) is 7.51. The van der Waals surface area contributed by atoms with Crippen LogP contribution in [0.3, 0.4) is 0 Å². The first-order valence-electron chi connectivity index (χ1n) is 7.31. The minimum Gasteiger partial charge on any atom is -0.317 e. The van der Waals surface area contributed by atoms with E-state index in [1.54, 1.807) is 12.1 Å². The molecule has 2 nitrogen and oxygen atoms in total. The molecule has 2 rings (SSSR count). The van der Waals surface area contributed by atoms with E-state index in [0.29, 0.717) is 6.04 Å². The minimum atomic E-state index is -0.150. The topological polar surface area (TPSA) is 15.3 Å². The van der Waals surface area contributed by atoms with Gasteiger partial charge in [0.15, 0.2) is 0 Å². The maximum absolute atomic E-state index is 12.9. The van der Waals surface area contributed by atoms with E-state index >= 15 is 0 Å². The molecule has 1 aliphatic heterocycles. The first-order chi connectivity index (χ1) is 9.17. The first kappa shape index (κ1) is 14.5. The highest BCUT2D eigenvalue weighted by Gasteiger charge is 2.20. The summed E-state index contributed by atoms with van der Waals surface area (Å²) in [5.74, 6) is 0.704. The molecule has 1 aliphatic rings. The smallest absolute Gasteiger partial charge is 0.123 e. The molecule has 1 aromatic rings. The molecule has 1 unspecified atom stereocenters. The number of likely N-dealkylation sites (tertiary alicyclic amines) is 1. The summed E-state index contributed by atoms with van der Waals surface area (Å²) < 4.78 is 12.9. The number of nitrogens with zero attached hydrogens (tertiary/aromatic N) is 1. The Morgan fingerprint density at radius 1 is 1.26 bits per heavy atom. The zero-order valence-electron chi connectivity index (χ0n) is 12.0. The predicted octanol–water partition coefficient (Wildman–Crippen LogP) is 3.04. The van der Waals surface area contributed by atoms with Gasteiger partial charge in [-0.25, -0.2) is 4.39 Å². The van der Waals surface area contributed by atoms with Crippen molar-refractivity contribution in [1.29, 1.82) is 0 Å². The second kappa shape index (κ2) is 7.01. The third-order valence-electron chi connectivity index (χ3n) is 4.21. The van der Waals surface area contributed by atoms with E-state index in [1.807, 2.05) is 19.2 Å². The molecule has 19 heavy (non-hydrogen) atoms. The van der Waals surface area contributed by atoms with Crippen molar-refractivity contribution in [3.05, 3.63) is 35.6 Å². The van der Waals surface area contributed by atoms with Gasteiger partial charge in [0.25, 0.3) is 0 Å². The second-order valence-electron chi connectivity index (χ2n) is 5.77. The van der Waals surface area contributed by atoms with Gasteiger partial charge in [-0.15, -0.1) is 0 Å². The van der Waals surface area contributed by atoms with Crippen LogP contribution in [0.1, 0.15) is 31.7 Å². The summed E-state index contributed by atoms with van der Waals surface area (Å²) >= 11 is 0. The number of rotatable bonds is 5. The number of piperidine rings is 1. The molecular weight excluding hydrogens is 239 g/mol. The molecule has 0 aliphatic carbocycles. The lowest BCUT2D eigenvalue weighted by Gasteiger charge is -2.33. The average molecular weight is 264 g/mol. The Balaban J connectivity index is 1.75. The van der Waals surface area contributed by atoms with Crippen LogP contribution in [-0.2, 0) is 6.54 Å². The Morgan fingerprint density at radius 2 is 1.89 bits per heavy atom. The van der Waals surface area contributed by atoms with Crippen molar-refractivity contribution < 1.29 is 4.39 Å². The number of hydrogen-bond acceptors (Lipinski definition) is 2. The fraction of sp³-hybridized carbons (Fsp3) is 0.625. The molecule has 1 saturated heterocycles. The van der Waals surface area contributed by atoms with E-state index in [1.165, 1.54) is 37.9 Å². The van der Waals surface area contributed by atoms with Crippen LogP contribution in [-0.4, -0.2) is 31.1 Å². The van der Waals surface area contributed by atoms with Crippen LogP contribution in [0.2, 0.25) is 0 Å². The van der Waals surface area contributed by atoms with Gasteiger partial charge in [-0.2, -0.15) is 0 Å². The van der Waals surface area contributed by atoms with Crippen LogP contribution < -0.4 is 5.32 Å². The predicted molar refractivity (Wildman–Crippen MR) is 77.5 cm³/mol. The van der Waals surface area contributed by atoms with Gasteiger partial charge in [0.2, 0.25) is 0 Å². The summed E-state index contributed by atoms with van der Waals surface area (Å²) in [6.45, 7) is 5.54. The van der Waals surface area contributed by atoms with Gasteiger partial charge in [0, 0.05) is 12.6 Å². The largest absolute Gasteiger partial charge is 0.317 e. The molecule has 0 bridgehead atoms. The quantitative estimate of drug-likeness (QED) is 0.879. The van der Waals surface area contributed by atoms with Crippen molar-refractivity contribution in [3.8, 4) is 0 Å². The van der Waals surface area contributed by atoms with E-state index < -0.39 is 0 Å². The van der Waals surface area contributed by atoms with Crippen molar-refractivity contribution in [1.82, 2.24) is 10.2 Å². The van der Waals surface area contributed by atoms with E-state index in [2.05, 4.69) is 17.1 Å². The van der Waals surface area contributed by atoms with Crippen molar-refractivity contribution in [3.63, 3.8) is 0 Å². The molecule has 1 aromatic carbocycles. The normalized spacial score (nSPS) is 19.5. The molecule has 1 N–H and O–H groups in total. The van der Waals surface area contributed by atoms with Crippen molar-refractivity contribution >= 4 is 0 Å². The molecule has 3 heteroatoms. The highest BCUT2D eigenvalue weighted by atomic mass is 19.1. The maximum Gasteiger partial charge on any atom is 0.123 e. The third-order valence-corrected chi connectivity index (χ3v) is 4.21. The average Bonchev–Trinajstić information content (AvgIpc) is 2.43. The zero-order valence-corrected chi connectivity index (χ0v) is 12.0. The lowest BCUT2D eigenvalue weighted by molar-refractivity contribution is 0.166. The van der Waals surface area contributed by atoms with E-state index in [0.717, 1.165) is 12.5 Å². The Morgan fingerprint density at radius 3 is 2.47 bits per heavy atom. The van der Waals surface area contributed by atoms with Gasteiger partial charge < -0.3 is 5.32 Å². The summed E-state index contributed by atoms with van der Waals surface area (Å²) in [4.78, 5) is 2.48. The maximum atomic E-state index is 12.9. The van der Waals surface area contributed by atoms with Gasteiger partial charge in [-0.1, -0.05) is 12.1 Å². The lowest BCUT2D eigenvalue weighted by atomic mass is 9.90. The van der Waals surface area contributed by atoms with Crippen molar-refractivity contribution in [2.75, 3.05) is 20.1 Å². The van der Waals surface area contributed by atoms with Gasteiger partial charge in [-0.05, 0) is 69.9 Å². The fourth-order valence-corrected chi connectivity index (χ4v) is 2.85. The van der Waals surface area contributed by atoms with Gasteiger partial charge in [0.1, 0.15) is 5.82 Å². The highest BCUT2D eigenvalue weighted by Crippen LogP contribution is 2.23. The van der Waals surface area contributed by atoms with Crippen LogP contribution in [0.15, 0.2) is 24.3 Å². The molecule has 1 fully saturated rings. The SMILES string of the molecule is CNC(C)CC1CCN(Cc2ccc(F)cc2)CC1. The van der Waals surface area contributed by atoms with Crippen LogP contribution in [0.25, 0.3) is 0 Å². The Bertz CT molecular complexity index is 369. The molecule has 0 spiro atoms. The summed E-state index contributed by atoms with van der Waals surface area (Å²) in [7, 11) is 2.04. The summed E-state index contributed by atoms with van der Waals surface area (Å²) in [5.41, 5.74) is 1.21. The zero-order chi connectivity index (χ0) is 13.7. The standard InChI is InChI=1S/C16H25FN2/c1-13(18-2)11-14-7-9-19(10-8-14)12-15-3-5-16(17)6-4-15/h3-6,13-14,18H,7-12H2,1-2H3. The lowest BCUT2D eigenvalue weighted by Crippen LogP contribution is -2.35. The number of nitrogens with one attached hydrogen (secondary N) is 1. The highest BCUT2D eigenvalue weighted by molar-refractivity contribution is 5.15. The Hall–Kier alpha value is -0.930. The van der Waals surface area contributed by atoms with E-state index in [4.69, 9.17) is 0 Å². The van der Waals surface area contributed by atoms with Gasteiger partial charge in [0.05, 0.1) is 0 Å².